The van der Waals surface area contributed by atoms with E-state index in [2.05, 4.69) is 6.07 Å². The summed E-state index contributed by atoms with van der Waals surface area (Å²) in [4.78, 5) is 0. The average Bonchev–Trinajstić information content (AvgIpc) is 3.50. The third-order valence-electron chi connectivity index (χ3n) is 6.47. The van der Waals surface area contributed by atoms with E-state index in [4.69, 9.17) is 24.6 Å². The van der Waals surface area contributed by atoms with Crippen molar-refractivity contribution in [1.82, 2.24) is 9.78 Å². The van der Waals surface area contributed by atoms with Crippen molar-refractivity contribution >= 4 is 0 Å². The Labute approximate surface area is 186 Å². The van der Waals surface area contributed by atoms with E-state index in [9.17, 15) is 5.11 Å². The lowest BCUT2D eigenvalue weighted by molar-refractivity contribution is -0.204. The molecule has 3 aromatic rings. The maximum absolute atomic E-state index is 11.5. The summed E-state index contributed by atoms with van der Waals surface area (Å²) in [7, 11) is 1.63. The first-order valence-corrected chi connectivity index (χ1v) is 10.8. The molecule has 164 valence electrons. The molecule has 0 atom stereocenters. The Bertz CT molecular complexity index is 1130. The lowest BCUT2D eigenvalue weighted by Crippen LogP contribution is -2.42. The fourth-order valence-electron chi connectivity index (χ4n) is 4.54. The highest BCUT2D eigenvalue weighted by Gasteiger charge is 2.47. The number of hydrogen-bond acceptors (Lipinski definition) is 6. The molecule has 1 saturated heterocycles. The summed E-state index contributed by atoms with van der Waals surface area (Å²) >= 11 is 0. The molecule has 5 rings (SSSR count). The summed E-state index contributed by atoms with van der Waals surface area (Å²) in [6.07, 6.45) is 2.29. The van der Waals surface area contributed by atoms with Crippen LogP contribution < -0.4 is 4.74 Å². The molecule has 2 fully saturated rings. The van der Waals surface area contributed by atoms with Gasteiger partial charge in [0.15, 0.2) is 5.79 Å². The Hall–Kier alpha value is -3.18. The second kappa shape index (κ2) is 8.06. The van der Waals surface area contributed by atoms with Gasteiger partial charge in [-0.25, -0.2) is 4.68 Å². The lowest BCUT2D eigenvalue weighted by Gasteiger charge is -2.39. The van der Waals surface area contributed by atoms with Crippen molar-refractivity contribution in [3.63, 3.8) is 0 Å². The standard InChI is InChI=1S/C25H25N3O4/c1-30-21-8-6-20(7-9-21)28-22(19-4-2-18(17-26)3-5-19)16-23(27-28)24(29)10-12-25(13-11-24)31-14-15-32-25/h2-9,16,29H,10-15H2,1H3. The van der Waals surface area contributed by atoms with E-state index in [0.717, 1.165) is 22.7 Å². The quantitative estimate of drug-likeness (QED) is 0.673. The van der Waals surface area contributed by atoms with Crippen LogP contribution in [0.2, 0.25) is 0 Å². The third kappa shape index (κ3) is 3.67. The maximum atomic E-state index is 11.5. The van der Waals surface area contributed by atoms with E-state index in [0.29, 0.717) is 50.2 Å². The van der Waals surface area contributed by atoms with E-state index >= 15 is 0 Å². The first-order valence-electron chi connectivity index (χ1n) is 10.8. The van der Waals surface area contributed by atoms with Gasteiger partial charge in [0.2, 0.25) is 0 Å². The van der Waals surface area contributed by atoms with Crippen LogP contribution in [0.3, 0.4) is 0 Å². The van der Waals surface area contributed by atoms with Gasteiger partial charge in [0.1, 0.15) is 11.4 Å². The van der Waals surface area contributed by atoms with Crippen molar-refractivity contribution < 1.29 is 19.3 Å². The number of aromatic nitrogens is 2. The number of aliphatic hydroxyl groups is 1. The normalized spacial score (nSPS) is 19.0. The van der Waals surface area contributed by atoms with Crippen molar-refractivity contribution in [2.45, 2.75) is 37.1 Å². The Morgan fingerprint density at radius 2 is 1.66 bits per heavy atom. The first kappa shape index (κ1) is 20.7. The topological polar surface area (TPSA) is 89.5 Å². The lowest BCUT2D eigenvalue weighted by atomic mass is 9.79. The number of nitrogens with zero attached hydrogens (tertiary/aromatic N) is 3. The molecule has 1 aliphatic heterocycles. The molecule has 1 aromatic heterocycles. The summed E-state index contributed by atoms with van der Waals surface area (Å²) < 4.78 is 18.8. The summed E-state index contributed by atoms with van der Waals surface area (Å²) in [5.41, 5.74) is 2.78. The minimum Gasteiger partial charge on any atom is -0.497 e. The Morgan fingerprint density at radius 1 is 1.00 bits per heavy atom. The fraction of sp³-hybridized carbons (Fsp3) is 0.360. The zero-order valence-electron chi connectivity index (χ0n) is 18.0. The van der Waals surface area contributed by atoms with Crippen LogP contribution in [-0.2, 0) is 15.1 Å². The molecule has 1 saturated carbocycles. The van der Waals surface area contributed by atoms with E-state index in [1.807, 2.05) is 47.1 Å². The zero-order valence-corrected chi connectivity index (χ0v) is 18.0. The van der Waals surface area contributed by atoms with Gasteiger partial charge in [0.25, 0.3) is 0 Å². The molecule has 1 N–H and O–H groups in total. The van der Waals surface area contributed by atoms with Crippen LogP contribution in [0.1, 0.15) is 36.9 Å². The van der Waals surface area contributed by atoms with Crippen LogP contribution in [0.5, 0.6) is 5.75 Å². The number of nitriles is 1. The molecule has 2 aliphatic rings. The SMILES string of the molecule is COc1ccc(-n2nc(C3(O)CCC4(CC3)OCCO4)cc2-c2ccc(C#N)cc2)cc1. The molecule has 7 nitrogen and oxygen atoms in total. The number of ether oxygens (including phenoxy) is 3. The Kier molecular flexibility index (Phi) is 5.22. The minimum atomic E-state index is -1.06. The second-order valence-corrected chi connectivity index (χ2v) is 8.35. The highest BCUT2D eigenvalue weighted by molar-refractivity contribution is 5.64. The fourth-order valence-corrected chi connectivity index (χ4v) is 4.54. The predicted molar refractivity (Wildman–Crippen MR) is 117 cm³/mol. The highest BCUT2D eigenvalue weighted by atomic mass is 16.7. The van der Waals surface area contributed by atoms with Gasteiger partial charge in [-0.2, -0.15) is 10.4 Å². The smallest absolute Gasteiger partial charge is 0.168 e. The van der Waals surface area contributed by atoms with Gasteiger partial charge in [-0.05, 0) is 55.3 Å². The third-order valence-corrected chi connectivity index (χ3v) is 6.47. The van der Waals surface area contributed by atoms with Crippen molar-refractivity contribution in [3.8, 4) is 28.8 Å². The van der Waals surface area contributed by atoms with Crippen LogP contribution in [-0.4, -0.2) is 41.0 Å². The molecule has 0 unspecified atom stereocenters. The van der Waals surface area contributed by atoms with Gasteiger partial charge < -0.3 is 19.3 Å². The predicted octanol–water partition coefficient (Wildman–Crippen LogP) is 3.92. The van der Waals surface area contributed by atoms with Crippen LogP contribution in [0, 0.1) is 11.3 Å². The van der Waals surface area contributed by atoms with Crippen molar-refractivity contribution in [2.24, 2.45) is 0 Å². The highest BCUT2D eigenvalue weighted by Crippen LogP contribution is 2.45. The van der Waals surface area contributed by atoms with Gasteiger partial charge in [-0.1, -0.05) is 12.1 Å². The van der Waals surface area contributed by atoms with E-state index in [1.54, 1.807) is 19.2 Å². The van der Waals surface area contributed by atoms with Crippen molar-refractivity contribution in [3.05, 3.63) is 65.9 Å². The van der Waals surface area contributed by atoms with Gasteiger partial charge in [0, 0.05) is 18.4 Å². The minimum absolute atomic E-state index is 0.513. The zero-order chi connectivity index (χ0) is 22.2. The molecular formula is C25H25N3O4. The largest absolute Gasteiger partial charge is 0.497 e. The summed E-state index contributed by atoms with van der Waals surface area (Å²) in [6, 6.07) is 19.1. The molecule has 1 aliphatic carbocycles. The summed E-state index contributed by atoms with van der Waals surface area (Å²) in [5, 5.41) is 25.5. The Morgan fingerprint density at radius 3 is 2.25 bits per heavy atom. The molecule has 7 heteroatoms. The Balaban J connectivity index is 1.53. The summed E-state index contributed by atoms with van der Waals surface area (Å²) in [5.74, 6) is 0.203. The number of benzene rings is 2. The number of hydrogen-bond donors (Lipinski definition) is 1. The number of rotatable bonds is 4. The first-order chi connectivity index (χ1) is 15.5. The summed E-state index contributed by atoms with van der Waals surface area (Å²) in [6.45, 7) is 1.21. The van der Waals surface area contributed by atoms with Crippen LogP contribution >= 0.6 is 0 Å². The van der Waals surface area contributed by atoms with E-state index in [-0.39, 0.29) is 0 Å². The molecule has 0 amide bonds. The van der Waals surface area contributed by atoms with Gasteiger partial charge in [-0.15, -0.1) is 0 Å². The van der Waals surface area contributed by atoms with Crippen LogP contribution in [0.4, 0.5) is 0 Å². The van der Waals surface area contributed by atoms with Crippen LogP contribution in [0.25, 0.3) is 16.9 Å². The van der Waals surface area contributed by atoms with Crippen molar-refractivity contribution in [2.75, 3.05) is 20.3 Å². The monoisotopic (exact) mass is 431 g/mol. The van der Waals surface area contributed by atoms with E-state index < -0.39 is 11.4 Å². The molecule has 2 aromatic carbocycles. The van der Waals surface area contributed by atoms with Crippen LogP contribution in [0.15, 0.2) is 54.6 Å². The molecule has 2 heterocycles. The number of methoxy groups -OCH3 is 1. The molecule has 1 spiro atoms. The maximum Gasteiger partial charge on any atom is 0.168 e. The van der Waals surface area contributed by atoms with Crippen molar-refractivity contribution in [1.29, 1.82) is 5.26 Å². The molecule has 32 heavy (non-hydrogen) atoms. The molecule has 0 radical (unpaired) electrons. The van der Waals surface area contributed by atoms with Gasteiger partial charge in [-0.3, -0.25) is 0 Å². The molecular weight excluding hydrogens is 406 g/mol. The second-order valence-electron chi connectivity index (χ2n) is 8.35. The molecule has 0 bridgehead atoms. The van der Waals surface area contributed by atoms with Gasteiger partial charge >= 0.3 is 0 Å². The van der Waals surface area contributed by atoms with E-state index in [1.165, 1.54) is 0 Å². The van der Waals surface area contributed by atoms with Gasteiger partial charge in [0.05, 0.1) is 49.0 Å². The average molecular weight is 431 g/mol.